The Balaban J connectivity index is 1.45. The van der Waals surface area contributed by atoms with E-state index in [0.29, 0.717) is 25.4 Å². The molecule has 2 amide bonds. The van der Waals surface area contributed by atoms with Crippen molar-refractivity contribution in [3.8, 4) is 0 Å². The molecule has 8 nitrogen and oxygen atoms in total. The zero-order valence-electron chi connectivity index (χ0n) is 17.5. The summed E-state index contributed by atoms with van der Waals surface area (Å²) < 4.78 is 11.1. The molecular weight excluding hydrogens is 418 g/mol. The van der Waals surface area contributed by atoms with Gasteiger partial charge >= 0.3 is 0 Å². The minimum absolute atomic E-state index is 0.00917. The van der Waals surface area contributed by atoms with Crippen molar-refractivity contribution in [2.45, 2.75) is 38.5 Å². The van der Waals surface area contributed by atoms with Crippen LogP contribution in [0.5, 0.6) is 0 Å². The maximum Gasteiger partial charge on any atom is 0.249 e. The number of hydrogen-bond donors (Lipinski definition) is 2. The molecule has 1 aromatic carbocycles. The van der Waals surface area contributed by atoms with Gasteiger partial charge in [0.25, 0.3) is 0 Å². The Kier molecular flexibility index (Phi) is 6.96. The van der Waals surface area contributed by atoms with Gasteiger partial charge < -0.3 is 24.8 Å². The first-order valence-corrected chi connectivity index (χ1v) is 11.3. The highest BCUT2D eigenvalue weighted by atomic mass is 32.1. The fourth-order valence-electron chi connectivity index (χ4n) is 4.01. The predicted molar refractivity (Wildman–Crippen MR) is 116 cm³/mol. The summed E-state index contributed by atoms with van der Waals surface area (Å²) in [7, 11) is 0. The van der Waals surface area contributed by atoms with Crippen LogP contribution >= 0.6 is 11.3 Å². The summed E-state index contributed by atoms with van der Waals surface area (Å²) in [6, 6.07) is 6.92. The second-order valence-corrected chi connectivity index (χ2v) is 8.80. The van der Waals surface area contributed by atoms with E-state index in [9.17, 15) is 14.7 Å². The van der Waals surface area contributed by atoms with Crippen LogP contribution < -0.4 is 5.32 Å². The number of aliphatic hydroxyl groups is 1. The van der Waals surface area contributed by atoms with Crippen LogP contribution in [0.4, 0.5) is 5.69 Å². The fraction of sp³-hybridized carbons (Fsp3) is 0.500. The standard InChI is InChI=1S/C22H27N3O5S/c1-14-19(31-13-23-14)10-25-18(11-26)21(30-12-20(25)27)15-2-4-17(5-3-15)24-22(28)16-6-8-29-9-7-16/h2-5,13,16,18,21,26H,6-12H2,1H3,(H,24,28). The molecule has 0 bridgehead atoms. The van der Waals surface area contributed by atoms with Crippen molar-refractivity contribution in [3.05, 3.63) is 45.9 Å². The Morgan fingerprint density at radius 1 is 1.29 bits per heavy atom. The topological polar surface area (TPSA) is 101 Å². The highest BCUT2D eigenvalue weighted by Crippen LogP contribution is 2.32. The third-order valence-electron chi connectivity index (χ3n) is 5.90. The average Bonchev–Trinajstić information content (AvgIpc) is 3.20. The number of aromatic nitrogens is 1. The van der Waals surface area contributed by atoms with Crippen LogP contribution in [0.15, 0.2) is 29.8 Å². The normalized spacial score (nSPS) is 22.5. The van der Waals surface area contributed by atoms with E-state index < -0.39 is 12.1 Å². The molecule has 2 aromatic rings. The van der Waals surface area contributed by atoms with E-state index in [2.05, 4.69) is 10.3 Å². The molecule has 31 heavy (non-hydrogen) atoms. The van der Waals surface area contributed by atoms with Gasteiger partial charge in [0.2, 0.25) is 11.8 Å². The van der Waals surface area contributed by atoms with Gasteiger partial charge in [-0.15, -0.1) is 11.3 Å². The first kappa shape index (κ1) is 21.9. The van der Waals surface area contributed by atoms with Crippen molar-refractivity contribution in [3.63, 3.8) is 0 Å². The van der Waals surface area contributed by atoms with Crippen LogP contribution in [0.1, 0.15) is 35.1 Å². The Labute approximate surface area is 185 Å². The van der Waals surface area contributed by atoms with E-state index in [-0.39, 0.29) is 30.9 Å². The number of nitrogens with zero attached hydrogens (tertiary/aromatic N) is 2. The molecule has 0 radical (unpaired) electrons. The summed E-state index contributed by atoms with van der Waals surface area (Å²) in [4.78, 5) is 31.9. The lowest BCUT2D eigenvalue weighted by atomic mass is 9.98. The smallest absolute Gasteiger partial charge is 0.249 e. The number of carbonyl (C=O) groups excluding carboxylic acids is 2. The van der Waals surface area contributed by atoms with Gasteiger partial charge in [-0.1, -0.05) is 12.1 Å². The van der Waals surface area contributed by atoms with Crippen molar-refractivity contribution in [1.82, 2.24) is 9.88 Å². The molecule has 3 heterocycles. The fourth-order valence-corrected chi connectivity index (χ4v) is 4.79. The highest BCUT2D eigenvalue weighted by Gasteiger charge is 2.37. The number of morpholine rings is 1. The number of aliphatic hydroxyl groups excluding tert-OH is 1. The van der Waals surface area contributed by atoms with Gasteiger partial charge in [0.15, 0.2) is 0 Å². The van der Waals surface area contributed by atoms with E-state index in [0.717, 1.165) is 29.0 Å². The molecule has 0 aliphatic carbocycles. The summed E-state index contributed by atoms with van der Waals surface area (Å²) in [6.45, 7) is 3.30. The van der Waals surface area contributed by atoms with Crippen LogP contribution in [-0.2, 0) is 25.6 Å². The molecule has 166 valence electrons. The second kappa shape index (κ2) is 9.86. The molecular formula is C22H27N3O5S. The van der Waals surface area contributed by atoms with Crippen molar-refractivity contribution in [1.29, 1.82) is 0 Å². The average molecular weight is 446 g/mol. The van der Waals surface area contributed by atoms with E-state index in [4.69, 9.17) is 9.47 Å². The van der Waals surface area contributed by atoms with E-state index in [1.165, 1.54) is 11.3 Å². The summed E-state index contributed by atoms with van der Waals surface area (Å²) in [5.74, 6) is -0.165. The zero-order valence-corrected chi connectivity index (χ0v) is 18.3. The number of nitrogens with one attached hydrogen (secondary N) is 1. The third-order valence-corrected chi connectivity index (χ3v) is 6.82. The van der Waals surface area contributed by atoms with Crippen molar-refractivity contribution >= 4 is 28.8 Å². The number of hydrogen-bond acceptors (Lipinski definition) is 7. The van der Waals surface area contributed by atoms with Gasteiger partial charge in [0, 0.05) is 29.7 Å². The summed E-state index contributed by atoms with van der Waals surface area (Å²) in [6.07, 6.45) is 1.03. The summed E-state index contributed by atoms with van der Waals surface area (Å²) in [5, 5.41) is 13.0. The maximum atomic E-state index is 12.5. The molecule has 1 aromatic heterocycles. The highest BCUT2D eigenvalue weighted by molar-refractivity contribution is 7.09. The predicted octanol–water partition coefficient (Wildman–Crippen LogP) is 2.28. The Morgan fingerprint density at radius 2 is 2.03 bits per heavy atom. The summed E-state index contributed by atoms with van der Waals surface area (Å²) >= 11 is 1.50. The van der Waals surface area contributed by atoms with Crippen LogP contribution in [0.3, 0.4) is 0 Å². The number of benzene rings is 1. The SMILES string of the molecule is Cc1ncsc1CN1C(=O)COC(c2ccc(NC(=O)C3CCOCC3)cc2)C1CO. The number of rotatable bonds is 6. The molecule has 2 aliphatic rings. The molecule has 9 heteroatoms. The Morgan fingerprint density at radius 3 is 2.68 bits per heavy atom. The Bertz CT molecular complexity index is 910. The van der Waals surface area contributed by atoms with Crippen LogP contribution in [0.2, 0.25) is 0 Å². The molecule has 2 aliphatic heterocycles. The number of carbonyl (C=O) groups is 2. The van der Waals surface area contributed by atoms with E-state index in [1.807, 2.05) is 31.2 Å². The summed E-state index contributed by atoms with van der Waals surface area (Å²) in [5.41, 5.74) is 4.21. The quantitative estimate of drug-likeness (QED) is 0.708. The van der Waals surface area contributed by atoms with Crippen molar-refractivity contribution in [2.75, 3.05) is 31.7 Å². The minimum atomic E-state index is -0.495. The van der Waals surface area contributed by atoms with Crippen LogP contribution in [-0.4, -0.2) is 59.3 Å². The lowest BCUT2D eigenvalue weighted by molar-refractivity contribution is -0.161. The Hall–Kier alpha value is -2.33. The molecule has 4 rings (SSSR count). The third kappa shape index (κ3) is 4.95. The molecule has 2 unspecified atom stereocenters. The molecule has 2 fully saturated rings. The van der Waals surface area contributed by atoms with Gasteiger partial charge in [0.05, 0.1) is 30.4 Å². The molecule has 2 saturated heterocycles. The number of aryl methyl sites for hydroxylation is 1. The van der Waals surface area contributed by atoms with Crippen molar-refractivity contribution < 1.29 is 24.2 Å². The number of thiazole rings is 1. The van der Waals surface area contributed by atoms with Gasteiger partial charge in [-0.05, 0) is 37.5 Å². The first-order chi connectivity index (χ1) is 15.1. The largest absolute Gasteiger partial charge is 0.394 e. The van der Waals surface area contributed by atoms with Gasteiger partial charge in [-0.25, -0.2) is 4.98 Å². The van der Waals surface area contributed by atoms with Crippen LogP contribution in [0, 0.1) is 12.8 Å². The van der Waals surface area contributed by atoms with E-state index >= 15 is 0 Å². The lowest BCUT2D eigenvalue weighted by Gasteiger charge is -2.40. The minimum Gasteiger partial charge on any atom is -0.394 e. The van der Waals surface area contributed by atoms with Crippen molar-refractivity contribution in [2.24, 2.45) is 5.92 Å². The zero-order chi connectivity index (χ0) is 21.8. The number of amides is 2. The molecule has 2 N–H and O–H groups in total. The van der Waals surface area contributed by atoms with E-state index in [1.54, 1.807) is 10.4 Å². The first-order valence-electron chi connectivity index (χ1n) is 10.5. The molecule has 2 atom stereocenters. The maximum absolute atomic E-state index is 12.5. The van der Waals surface area contributed by atoms with Crippen LogP contribution in [0.25, 0.3) is 0 Å². The van der Waals surface area contributed by atoms with Gasteiger partial charge in [-0.3, -0.25) is 9.59 Å². The number of anilines is 1. The number of ether oxygens (including phenoxy) is 2. The van der Waals surface area contributed by atoms with Gasteiger partial charge in [-0.2, -0.15) is 0 Å². The molecule has 0 saturated carbocycles. The molecule has 0 spiro atoms. The lowest BCUT2D eigenvalue weighted by Crippen LogP contribution is -2.52. The van der Waals surface area contributed by atoms with Gasteiger partial charge in [0.1, 0.15) is 12.7 Å². The monoisotopic (exact) mass is 445 g/mol. The second-order valence-electron chi connectivity index (χ2n) is 7.86.